The van der Waals surface area contributed by atoms with Crippen LogP contribution in [0.15, 0.2) is 170 Å². The van der Waals surface area contributed by atoms with Crippen LogP contribution < -0.4 is 4.90 Å². The summed E-state index contributed by atoms with van der Waals surface area (Å²) in [5.74, 6) is 0. The Labute approximate surface area is 348 Å². The molecule has 1 aromatic heterocycles. The average molecular weight is 763 g/mol. The fraction of sp³-hybridized carbons (Fsp3) is 0.193. The zero-order valence-electron chi connectivity index (χ0n) is 35.0. The molecule has 0 spiro atoms. The van der Waals surface area contributed by atoms with Crippen molar-refractivity contribution in [3.8, 4) is 27.9 Å². The van der Waals surface area contributed by atoms with Crippen molar-refractivity contribution in [2.75, 3.05) is 4.90 Å². The second kappa shape index (κ2) is 12.8. The molecule has 0 unspecified atom stereocenters. The number of hydrogen-bond donors (Lipinski definition) is 0. The smallest absolute Gasteiger partial charge is 0.0541 e. The van der Waals surface area contributed by atoms with Crippen LogP contribution in [0, 0.1) is 0 Å². The molecule has 1 heterocycles. The number of benzene rings is 8. The number of rotatable bonds is 5. The van der Waals surface area contributed by atoms with Gasteiger partial charge in [0.1, 0.15) is 0 Å². The molecule has 11 rings (SSSR count). The summed E-state index contributed by atoms with van der Waals surface area (Å²) in [7, 11) is 0. The van der Waals surface area contributed by atoms with Crippen LogP contribution in [0.3, 0.4) is 0 Å². The van der Waals surface area contributed by atoms with Crippen LogP contribution in [0.2, 0.25) is 0 Å². The first-order valence-corrected chi connectivity index (χ1v) is 21.3. The third-order valence-electron chi connectivity index (χ3n) is 14.0. The second-order valence-corrected chi connectivity index (χ2v) is 18.9. The minimum atomic E-state index is -0.188. The molecule has 0 amide bonds. The summed E-state index contributed by atoms with van der Waals surface area (Å²) in [5.41, 5.74) is 18.1. The summed E-state index contributed by atoms with van der Waals surface area (Å²) >= 11 is 0. The largest absolute Gasteiger partial charge is 0.310 e. The van der Waals surface area contributed by atoms with Gasteiger partial charge in [0.25, 0.3) is 0 Å². The van der Waals surface area contributed by atoms with E-state index in [1.54, 1.807) is 0 Å². The van der Waals surface area contributed by atoms with E-state index in [0.717, 1.165) is 22.7 Å². The maximum Gasteiger partial charge on any atom is 0.0541 e. The third-order valence-corrected chi connectivity index (χ3v) is 14.0. The van der Waals surface area contributed by atoms with Gasteiger partial charge in [0.2, 0.25) is 0 Å². The van der Waals surface area contributed by atoms with Crippen LogP contribution in [-0.2, 0) is 16.2 Å². The highest BCUT2D eigenvalue weighted by molar-refractivity contribution is 6.09. The van der Waals surface area contributed by atoms with Gasteiger partial charge in [-0.15, -0.1) is 0 Å². The Hall–Kier alpha value is -6.38. The molecule has 0 radical (unpaired) electrons. The lowest BCUT2D eigenvalue weighted by Gasteiger charge is -2.42. The monoisotopic (exact) mass is 762 g/mol. The number of nitrogens with zero attached hydrogens (tertiary/aromatic N) is 2. The number of anilines is 3. The summed E-state index contributed by atoms with van der Waals surface area (Å²) in [6, 6.07) is 63.8. The molecule has 0 atom stereocenters. The Balaban J connectivity index is 1.19. The second-order valence-electron chi connectivity index (χ2n) is 18.9. The normalized spacial score (nSPS) is 15.9. The molecule has 2 aliphatic carbocycles. The molecule has 9 aromatic rings. The maximum atomic E-state index is 2.55. The lowest BCUT2D eigenvalue weighted by atomic mass is 9.63. The van der Waals surface area contributed by atoms with Gasteiger partial charge < -0.3 is 9.47 Å². The van der Waals surface area contributed by atoms with E-state index in [0.29, 0.717) is 0 Å². The molecule has 0 saturated carbocycles. The van der Waals surface area contributed by atoms with Gasteiger partial charge in [-0.2, -0.15) is 0 Å². The van der Waals surface area contributed by atoms with E-state index in [2.05, 4.69) is 221 Å². The molecule has 2 nitrogen and oxygen atoms in total. The molecule has 0 fully saturated rings. The van der Waals surface area contributed by atoms with Gasteiger partial charge in [-0.25, -0.2) is 0 Å². The first kappa shape index (κ1) is 35.8. The third kappa shape index (κ3) is 5.46. The van der Waals surface area contributed by atoms with E-state index in [1.165, 1.54) is 89.9 Å². The lowest BCUT2D eigenvalue weighted by molar-refractivity contribution is 0.332. The fourth-order valence-corrected chi connectivity index (χ4v) is 10.6. The van der Waals surface area contributed by atoms with E-state index in [4.69, 9.17) is 0 Å². The minimum absolute atomic E-state index is 0.100. The summed E-state index contributed by atoms with van der Waals surface area (Å²) in [4.78, 5) is 2.50. The van der Waals surface area contributed by atoms with Gasteiger partial charge in [-0.1, -0.05) is 157 Å². The van der Waals surface area contributed by atoms with Crippen molar-refractivity contribution in [1.82, 2.24) is 4.57 Å². The Morgan fingerprint density at radius 2 is 1.07 bits per heavy atom. The highest BCUT2D eigenvalue weighted by Gasteiger charge is 2.40. The van der Waals surface area contributed by atoms with Crippen molar-refractivity contribution in [1.29, 1.82) is 0 Å². The van der Waals surface area contributed by atoms with Crippen molar-refractivity contribution in [2.24, 2.45) is 0 Å². The standard InChI is InChI=1S/C57H50N2/c1-55(2)30-31-56(3,4)50-33-39(27-29-49(50)55)47-35-43(36-51-54(47)46-22-9-12-23-48(46)57(51,5)6)58(42-28-26-37-16-7-8-17-38(37)32-42)40-18-15-19-41(34-40)59-52-24-13-10-20-44(52)45-21-11-14-25-53(45)59/h7-29,32-36H,30-31H2,1-6H3. The molecule has 2 heteroatoms. The SMILES string of the molecule is CC1(C)CCC(C)(C)c2cc(-c3cc(N(c4cccc(-n5c6ccccc6c6ccccc65)c4)c4ccc5ccccc5c4)cc4c3-c3ccccc3C4(C)C)ccc21. The highest BCUT2D eigenvalue weighted by atomic mass is 15.1. The number of fused-ring (bicyclic) bond motifs is 8. The quantitative estimate of drug-likeness (QED) is 0.170. The van der Waals surface area contributed by atoms with Crippen LogP contribution in [-0.4, -0.2) is 4.57 Å². The molecule has 288 valence electrons. The first-order valence-electron chi connectivity index (χ1n) is 21.3. The topological polar surface area (TPSA) is 8.17 Å². The predicted molar refractivity (Wildman–Crippen MR) is 251 cm³/mol. The van der Waals surface area contributed by atoms with Gasteiger partial charge >= 0.3 is 0 Å². The van der Waals surface area contributed by atoms with Crippen LogP contribution in [0.1, 0.15) is 76.6 Å². The van der Waals surface area contributed by atoms with Crippen LogP contribution in [0.5, 0.6) is 0 Å². The molecule has 8 aromatic carbocycles. The van der Waals surface area contributed by atoms with E-state index >= 15 is 0 Å². The average Bonchev–Trinajstić information content (AvgIpc) is 3.71. The van der Waals surface area contributed by atoms with Crippen molar-refractivity contribution in [3.63, 3.8) is 0 Å². The molecular weight excluding hydrogens is 713 g/mol. The molecule has 0 saturated heterocycles. The number of para-hydroxylation sites is 2. The zero-order valence-corrected chi connectivity index (χ0v) is 35.0. The van der Waals surface area contributed by atoms with Crippen molar-refractivity contribution >= 4 is 49.6 Å². The predicted octanol–water partition coefficient (Wildman–Crippen LogP) is 15.7. The number of aromatic nitrogens is 1. The lowest BCUT2D eigenvalue weighted by Crippen LogP contribution is -2.33. The minimum Gasteiger partial charge on any atom is -0.310 e. The summed E-state index contributed by atoms with van der Waals surface area (Å²) in [6.45, 7) is 14.5. The zero-order chi connectivity index (χ0) is 40.3. The molecule has 2 aliphatic rings. The molecular formula is C57H50N2. The van der Waals surface area contributed by atoms with Gasteiger partial charge in [-0.3, -0.25) is 0 Å². The highest BCUT2D eigenvalue weighted by Crippen LogP contribution is 2.56. The molecule has 0 aliphatic heterocycles. The van der Waals surface area contributed by atoms with Crippen molar-refractivity contribution < 1.29 is 0 Å². The van der Waals surface area contributed by atoms with E-state index in [1.807, 2.05) is 0 Å². The van der Waals surface area contributed by atoms with Gasteiger partial charge in [0, 0.05) is 38.9 Å². The van der Waals surface area contributed by atoms with Crippen LogP contribution in [0.25, 0.3) is 60.5 Å². The van der Waals surface area contributed by atoms with E-state index in [-0.39, 0.29) is 16.2 Å². The van der Waals surface area contributed by atoms with Crippen LogP contribution in [0.4, 0.5) is 17.1 Å². The summed E-state index contributed by atoms with van der Waals surface area (Å²) in [5, 5.41) is 4.99. The molecule has 0 bridgehead atoms. The summed E-state index contributed by atoms with van der Waals surface area (Å²) in [6.07, 6.45) is 2.38. The Bertz CT molecular complexity index is 3100. The van der Waals surface area contributed by atoms with Gasteiger partial charge in [-0.05, 0) is 134 Å². The Morgan fingerprint density at radius 3 is 1.83 bits per heavy atom. The molecule has 59 heavy (non-hydrogen) atoms. The van der Waals surface area contributed by atoms with Crippen molar-refractivity contribution in [3.05, 3.63) is 192 Å². The van der Waals surface area contributed by atoms with Crippen LogP contribution >= 0.6 is 0 Å². The van der Waals surface area contributed by atoms with E-state index < -0.39 is 0 Å². The van der Waals surface area contributed by atoms with E-state index in [9.17, 15) is 0 Å². The van der Waals surface area contributed by atoms with Gasteiger partial charge in [0.05, 0.1) is 11.0 Å². The Morgan fingerprint density at radius 1 is 0.424 bits per heavy atom. The Kier molecular flexibility index (Phi) is 7.76. The number of hydrogen-bond acceptors (Lipinski definition) is 1. The molecule has 0 N–H and O–H groups in total. The summed E-state index contributed by atoms with van der Waals surface area (Å²) < 4.78 is 2.43. The maximum absolute atomic E-state index is 2.55. The fourth-order valence-electron chi connectivity index (χ4n) is 10.6. The van der Waals surface area contributed by atoms with Gasteiger partial charge in [0.15, 0.2) is 0 Å². The van der Waals surface area contributed by atoms with Crippen molar-refractivity contribution in [2.45, 2.75) is 70.6 Å². The first-order chi connectivity index (χ1) is 28.5.